The first-order chi connectivity index (χ1) is 22.2. The van der Waals surface area contributed by atoms with E-state index in [9.17, 15) is 14.0 Å². The predicted octanol–water partition coefficient (Wildman–Crippen LogP) is 4.11. The molecule has 0 radical (unpaired) electrons. The van der Waals surface area contributed by atoms with E-state index in [2.05, 4.69) is 46.8 Å². The number of hydrogen-bond donors (Lipinski definition) is 0. The van der Waals surface area contributed by atoms with Crippen LogP contribution in [0, 0.1) is 5.82 Å². The molecule has 0 unspecified atom stereocenters. The molecule has 254 valence electrons. The molecule has 0 N–H and O–H groups in total. The third-order valence-corrected chi connectivity index (χ3v) is 9.60. The first kappa shape index (κ1) is 33.3. The molecule has 0 saturated carbocycles. The number of rotatable bonds is 6. The summed E-state index contributed by atoms with van der Waals surface area (Å²) in [7, 11) is 0. The highest BCUT2D eigenvalue weighted by Gasteiger charge is 2.43. The van der Waals surface area contributed by atoms with Crippen molar-refractivity contribution in [3.63, 3.8) is 0 Å². The summed E-state index contributed by atoms with van der Waals surface area (Å²) in [4.78, 5) is 36.1. The molecule has 5 heterocycles. The van der Waals surface area contributed by atoms with Gasteiger partial charge in [-0.1, -0.05) is 26.0 Å². The van der Waals surface area contributed by atoms with Crippen molar-refractivity contribution in [1.29, 1.82) is 0 Å². The zero-order valence-electron chi connectivity index (χ0n) is 28.7. The van der Waals surface area contributed by atoms with Crippen molar-refractivity contribution in [2.75, 3.05) is 57.4 Å². The molecule has 2 fully saturated rings. The van der Waals surface area contributed by atoms with Gasteiger partial charge in [0.25, 0.3) is 0 Å². The van der Waals surface area contributed by atoms with Crippen LogP contribution < -0.4 is 4.90 Å². The van der Waals surface area contributed by atoms with Gasteiger partial charge in [-0.25, -0.2) is 9.18 Å². The zero-order valence-corrected chi connectivity index (χ0v) is 28.7. The monoisotopic (exact) mass is 649 g/mol. The van der Waals surface area contributed by atoms with Crippen LogP contribution in [0.4, 0.5) is 14.9 Å². The fraction of sp³-hybridized carbons (Fsp3) is 0.600. The lowest BCUT2D eigenvalue weighted by atomic mass is 9.90. The van der Waals surface area contributed by atoms with Crippen LogP contribution in [0.2, 0.25) is 0 Å². The number of ether oxygens (including phenoxy) is 2. The van der Waals surface area contributed by atoms with Crippen molar-refractivity contribution in [3.8, 4) is 0 Å². The van der Waals surface area contributed by atoms with E-state index in [-0.39, 0.29) is 47.9 Å². The molecule has 47 heavy (non-hydrogen) atoms. The number of carbonyl (C=O) groups is 2. The number of nitrogens with zero attached hydrogens (tertiary/aromatic N) is 7. The number of carbonyl (C=O) groups excluding carboxylic acids is 2. The molecule has 12 heteroatoms. The predicted molar refractivity (Wildman–Crippen MR) is 177 cm³/mol. The zero-order chi connectivity index (χ0) is 33.7. The van der Waals surface area contributed by atoms with Gasteiger partial charge in [0.1, 0.15) is 17.7 Å². The molecule has 2 saturated heterocycles. The second kappa shape index (κ2) is 12.8. The van der Waals surface area contributed by atoms with E-state index in [0.29, 0.717) is 39.3 Å². The SMILES string of the molecule is C[C@@H]1COCCN1C[C@H]1CN(C(=O)OC(C)(C)C)[C@H](C)CN1CC(=O)N1CC(C)(C)c2c1cc(Cc1ccc(F)cc1)c1nncn21. The van der Waals surface area contributed by atoms with Crippen LogP contribution in [0.3, 0.4) is 0 Å². The van der Waals surface area contributed by atoms with Gasteiger partial charge in [0.05, 0.1) is 31.1 Å². The minimum atomic E-state index is -0.597. The molecule has 3 atom stereocenters. The molecule has 0 bridgehead atoms. The smallest absolute Gasteiger partial charge is 0.410 e. The summed E-state index contributed by atoms with van der Waals surface area (Å²) in [5.41, 5.74) is 3.51. The number of morpholine rings is 1. The molecule has 0 aliphatic carbocycles. The van der Waals surface area contributed by atoms with E-state index >= 15 is 0 Å². The van der Waals surface area contributed by atoms with Crippen LogP contribution >= 0.6 is 0 Å². The Bertz CT molecular complexity index is 1620. The van der Waals surface area contributed by atoms with E-state index in [1.54, 1.807) is 18.5 Å². The Morgan fingerprint density at radius 3 is 2.53 bits per heavy atom. The summed E-state index contributed by atoms with van der Waals surface area (Å²) in [6.45, 7) is 18.7. The summed E-state index contributed by atoms with van der Waals surface area (Å²) in [6.07, 6.45) is 1.93. The fourth-order valence-electron chi connectivity index (χ4n) is 7.26. The van der Waals surface area contributed by atoms with Crippen molar-refractivity contribution >= 4 is 23.3 Å². The Morgan fingerprint density at radius 1 is 1.09 bits per heavy atom. The van der Waals surface area contributed by atoms with Crippen molar-refractivity contribution in [1.82, 2.24) is 29.3 Å². The van der Waals surface area contributed by atoms with Crippen molar-refractivity contribution in [3.05, 3.63) is 59.3 Å². The van der Waals surface area contributed by atoms with Crippen LogP contribution in [0.1, 0.15) is 65.3 Å². The summed E-state index contributed by atoms with van der Waals surface area (Å²) in [5.74, 6) is -0.272. The van der Waals surface area contributed by atoms with Gasteiger partial charge in [-0.2, -0.15) is 0 Å². The van der Waals surface area contributed by atoms with Crippen molar-refractivity contribution in [2.45, 2.75) is 84.0 Å². The van der Waals surface area contributed by atoms with Crippen molar-refractivity contribution in [2.24, 2.45) is 0 Å². The minimum Gasteiger partial charge on any atom is -0.444 e. The van der Waals surface area contributed by atoms with Gasteiger partial charge >= 0.3 is 6.09 Å². The molecule has 1 aromatic carbocycles. The molecule has 3 aromatic rings. The second-order valence-electron chi connectivity index (χ2n) is 15.1. The number of anilines is 1. The van der Waals surface area contributed by atoms with E-state index in [4.69, 9.17) is 9.47 Å². The van der Waals surface area contributed by atoms with Gasteiger partial charge in [0.15, 0.2) is 5.65 Å². The van der Waals surface area contributed by atoms with E-state index in [0.717, 1.165) is 41.2 Å². The highest BCUT2D eigenvalue weighted by Crippen LogP contribution is 2.42. The summed E-state index contributed by atoms with van der Waals surface area (Å²) in [5, 5.41) is 8.67. The Kier molecular flexibility index (Phi) is 9.05. The van der Waals surface area contributed by atoms with E-state index in [1.165, 1.54) is 12.1 Å². The van der Waals surface area contributed by atoms with Crippen molar-refractivity contribution < 1.29 is 23.5 Å². The Morgan fingerprint density at radius 2 is 1.83 bits per heavy atom. The highest BCUT2D eigenvalue weighted by atomic mass is 19.1. The molecule has 6 rings (SSSR count). The van der Waals surface area contributed by atoms with Gasteiger partial charge in [-0.3, -0.25) is 19.0 Å². The number of aromatic nitrogens is 3. The maximum Gasteiger partial charge on any atom is 0.410 e. The maximum atomic E-state index is 14.4. The number of pyridine rings is 1. The third kappa shape index (κ3) is 7.00. The summed E-state index contributed by atoms with van der Waals surface area (Å²) in [6, 6.07) is 8.58. The Hall–Kier alpha value is -3.61. The third-order valence-electron chi connectivity index (χ3n) is 9.60. The number of piperazine rings is 1. The lowest BCUT2D eigenvalue weighted by Gasteiger charge is -2.47. The number of halogens is 1. The lowest BCUT2D eigenvalue weighted by molar-refractivity contribution is -0.121. The topological polar surface area (TPSA) is 95.8 Å². The van der Waals surface area contributed by atoms with Gasteiger partial charge in [0.2, 0.25) is 5.91 Å². The number of fused-ring (bicyclic) bond motifs is 3. The van der Waals surface area contributed by atoms with Crippen LogP contribution in [0.15, 0.2) is 36.7 Å². The first-order valence-corrected chi connectivity index (χ1v) is 16.7. The average molecular weight is 650 g/mol. The molecule has 3 aliphatic heterocycles. The number of hydrogen-bond acceptors (Lipinski definition) is 8. The quantitative estimate of drug-likeness (QED) is 0.394. The Balaban J connectivity index is 1.28. The normalized spacial score (nSPS) is 23.7. The lowest BCUT2D eigenvalue weighted by Crippen LogP contribution is -2.64. The molecule has 11 nitrogen and oxygen atoms in total. The first-order valence-electron chi connectivity index (χ1n) is 16.7. The van der Waals surface area contributed by atoms with Crippen LogP contribution in [0.25, 0.3) is 5.65 Å². The van der Waals surface area contributed by atoms with Gasteiger partial charge in [-0.15, -0.1) is 10.2 Å². The maximum absolute atomic E-state index is 14.4. The fourth-order valence-corrected chi connectivity index (χ4v) is 7.26. The molecular weight excluding hydrogens is 601 g/mol. The van der Waals surface area contributed by atoms with Gasteiger partial charge in [-0.05, 0) is 58.4 Å². The Labute approximate surface area is 276 Å². The second-order valence-corrected chi connectivity index (χ2v) is 15.1. The molecule has 2 aromatic heterocycles. The van der Waals surface area contributed by atoms with E-state index in [1.807, 2.05) is 41.9 Å². The van der Waals surface area contributed by atoms with Crippen LogP contribution in [-0.4, -0.2) is 118 Å². The average Bonchev–Trinajstić information content (AvgIpc) is 3.58. The standard InChI is InChI=1S/C35H48FN7O4/c1-23-16-40(28(17-39-12-13-46-20-24(39)2)18-41(23)33(45)47-34(3,4)5)19-30(44)42-21-35(6,7)31-29(42)15-26(32-38-37-22-43(31)32)14-25-8-10-27(36)11-9-25/h8-11,15,22-24,28H,12-14,16-21H2,1-7H3/t23-,24-,28+/m1/s1. The molecular formula is C35H48FN7O4. The number of amides is 2. The van der Waals surface area contributed by atoms with Gasteiger partial charge in [0, 0.05) is 68.2 Å². The minimum absolute atomic E-state index is 0.00919. The van der Waals surface area contributed by atoms with E-state index < -0.39 is 5.60 Å². The van der Waals surface area contributed by atoms with Crippen LogP contribution in [-0.2, 0) is 26.1 Å². The molecule has 0 spiro atoms. The number of benzene rings is 1. The highest BCUT2D eigenvalue weighted by molar-refractivity contribution is 5.98. The van der Waals surface area contributed by atoms with Gasteiger partial charge < -0.3 is 19.3 Å². The summed E-state index contributed by atoms with van der Waals surface area (Å²) >= 11 is 0. The van der Waals surface area contributed by atoms with Crippen LogP contribution in [0.5, 0.6) is 0 Å². The summed E-state index contributed by atoms with van der Waals surface area (Å²) < 4.78 is 27.1. The molecule has 3 aliphatic rings. The largest absolute Gasteiger partial charge is 0.444 e. The molecule has 2 amide bonds.